The van der Waals surface area contributed by atoms with E-state index in [4.69, 9.17) is 0 Å². The van der Waals surface area contributed by atoms with Gasteiger partial charge in [0.25, 0.3) is 0 Å². The molecule has 144 valence electrons. The number of carboxylic acids is 1. The molecule has 0 unspecified atom stereocenters. The lowest BCUT2D eigenvalue weighted by atomic mass is 9.95. The normalized spacial score (nSPS) is 13.7. The summed E-state index contributed by atoms with van der Waals surface area (Å²) in [5, 5.41) is 12.3. The number of carbonyl (C=O) groups is 2. The number of hydrogen-bond acceptors (Lipinski definition) is 2. The topological polar surface area (TPSA) is 66.4 Å². The van der Waals surface area contributed by atoms with Crippen molar-refractivity contribution in [2.45, 2.75) is 18.4 Å². The van der Waals surface area contributed by atoms with Crippen molar-refractivity contribution in [2.75, 3.05) is 0 Å². The third-order valence-corrected chi connectivity index (χ3v) is 5.19. The van der Waals surface area contributed by atoms with Gasteiger partial charge in [-0.05, 0) is 34.2 Å². The first-order valence-corrected chi connectivity index (χ1v) is 9.58. The van der Waals surface area contributed by atoms with Crippen LogP contribution in [-0.2, 0) is 9.59 Å². The fraction of sp³-hybridized carbons (Fsp3) is 0.120. The van der Waals surface area contributed by atoms with Gasteiger partial charge in [-0.2, -0.15) is 0 Å². The van der Waals surface area contributed by atoms with Gasteiger partial charge in [-0.15, -0.1) is 0 Å². The second-order valence-corrected chi connectivity index (χ2v) is 7.06. The second-order valence-electron chi connectivity index (χ2n) is 7.06. The lowest BCUT2D eigenvalue weighted by Gasteiger charge is -2.18. The van der Waals surface area contributed by atoms with Crippen molar-refractivity contribution in [3.05, 3.63) is 102 Å². The minimum absolute atomic E-state index is 0.214. The molecular weight excluding hydrogens is 362 g/mol. The predicted molar refractivity (Wildman–Crippen MR) is 113 cm³/mol. The molecule has 0 fully saturated rings. The van der Waals surface area contributed by atoms with E-state index >= 15 is 0 Å². The summed E-state index contributed by atoms with van der Waals surface area (Å²) in [4.78, 5) is 24.9. The first-order valence-electron chi connectivity index (χ1n) is 9.58. The quantitative estimate of drug-likeness (QED) is 0.660. The number of carbonyl (C=O) groups excluding carboxylic acids is 1. The Morgan fingerprint density at radius 1 is 0.862 bits per heavy atom. The molecule has 3 aromatic carbocycles. The van der Waals surface area contributed by atoms with Gasteiger partial charge in [0, 0.05) is 0 Å². The first-order chi connectivity index (χ1) is 14.1. The smallest absolute Gasteiger partial charge is 0.326 e. The second kappa shape index (κ2) is 8.15. The molecule has 1 atom stereocenters. The summed E-state index contributed by atoms with van der Waals surface area (Å²) in [5.41, 5.74) is 4.87. The summed E-state index contributed by atoms with van der Waals surface area (Å²) in [7, 11) is 0. The van der Waals surface area contributed by atoms with Gasteiger partial charge in [0.1, 0.15) is 6.04 Å². The largest absolute Gasteiger partial charge is 0.480 e. The standard InChI is InChI=1S/C25H21NO3/c27-24(26-22(25(28)29)16-8-11-17-9-2-1-3-10-17)23-20-14-6-4-12-18(20)19-13-5-7-15-21(19)23/h1-15,22-23H,16H2,(H,26,27)(H,28,29)/b11-8+/t22-/m1/s1. The van der Waals surface area contributed by atoms with E-state index in [2.05, 4.69) is 5.32 Å². The number of amides is 1. The van der Waals surface area contributed by atoms with Gasteiger partial charge in [0.15, 0.2) is 0 Å². The van der Waals surface area contributed by atoms with Crippen LogP contribution in [0.1, 0.15) is 29.0 Å². The molecule has 0 heterocycles. The van der Waals surface area contributed by atoms with E-state index in [0.29, 0.717) is 0 Å². The minimum atomic E-state index is -1.05. The molecule has 0 radical (unpaired) electrons. The van der Waals surface area contributed by atoms with Crippen LogP contribution in [0.5, 0.6) is 0 Å². The van der Waals surface area contributed by atoms with Gasteiger partial charge in [-0.3, -0.25) is 4.79 Å². The highest BCUT2D eigenvalue weighted by atomic mass is 16.4. The zero-order valence-electron chi connectivity index (χ0n) is 15.8. The predicted octanol–water partition coefficient (Wildman–Crippen LogP) is 4.47. The summed E-state index contributed by atoms with van der Waals surface area (Å²) in [6.07, 6.45) is 3.86. The highest BCUT2D eigenvalue weighted by molar-refractivity contribution is 5.97. The highest BCUT2D eigenvalue weighted by Gasteiger charge is 2.34. The minimum Gasteiger partial charge on any atom is -0.480 e. The van der Waals surface area contributed by atoms with E-state index in [1.165, 1.54) is 0 Å². The molecule has 1 aliphatic rings. The number of rotatable bonds is 6. The number of aliphatic carboxylic acids is 1. The Bertz CT molecular complexity index is 1030. The summed E-state index contributed by atoms with van der Waals surface area (Å²) >= 11 is 0. The van der Waals surface area contributed by atoms with E-state index in [0.717, 1.165) is 27.8 Å². The molecule has 0 aliphatic heterocycles. The zero-order chi connectivity index (χ0) is 20.2. The van der Waals surface area contributed by atoms with Crippen molar-refractivity contribution >= 4 is 18.0 Å². The highest BCUT2D eigenvalue weighted by Crippen LogP contribution is 2.44. The third-order valence-electron chi connectivity index (χ3n) is 5.19. The van der Waals surface area contributed by atoms with Crippen LogP contribution in [0.2, 0.25) is 0 Å². The molecule has 4 nitrogen and oxygen atoms in total. The van der Waals surface area contributed by atoms with Gasteiger partial charge in [0.05, 0.1) is 5.92 Å². The van der Waals surface area contributed by atoms with Crippen LogP contribution in [0.4, 0.5) is 0 Å². The van der Waals surface area contributed by atoms with E-state index in [1.54, 1.807) is 6.08 Å². The first kappa shape index (κ1) is 18.7. The molecule has 0 saturated carbocycles. The van der Waals surface area contributed by atoms with Crippen LogP contribution in [0.25, 0.3) is 17.2 Å². The molecule has 29 heavy (non-hydrogen) atoms. The fourth-order valence-electron chi connectivity index (χ4n) is 3.82. The van der Waals surface area contributed by atoms with Crippen molar-refractivity contribution in [1.82, 2.24) is 5.32 Å². The van der Waals surface area contributed by atoms with Gasteiger partial charge in [-0.25, -0.2) is 4.79 Å². The summed E-state index contributed by atoms with van der Waals surface area (Å²) in [5.74, 6) is -1.83. The van der Waals surface area contributed by atoms with Gasteiger partial charge in [0.2, 0.25) is 5.91 Å². The molecule has 4 heteroatoms. The van der Waals surface area contributed by atoms with Crippen molar-refractivity contribution in [3.8, 4) is 11.1 Å². The van der Waals surface area contributed by atoms with Gasteiger partial charge >= 0.3 is 5.97 Å². The Labute approximate surface area is 169 Å². The molecule has 3 aromatic rings. The molecule has 1 amide bonds. The molecule has 0 saturated heterocycles. The van der Waals surface area contributed by atoms with Crippen LogP contribution in [0.15, 0.2) is 84.9 Å². The van der Waals surface area contributed by atoms with Crippen LogP contribution in [0.3, 0.4) is 0 Å². The average molecular weight is 383 g/mol. The molecular formula is C25H21NO3. The average Bonchev–Trinajstić information content (AvgIpc) is 3.08. The molecule has 0 aromatic heterocycles. The molecule has 0 spiro atoms. The van der Waals surface area contributed by atoms with Crippen LogP contribution in [-0.4, -0.2) is 23.0 Å². The lowest BCUT2D eigenvalue weighted by Crippen LogP contribution is -2.42. The van der Waals surface area contributed by atoms with Crippen molar-refractivity contribution < 1.29 is 14.7 Å². The summed E-state index contributed by atoms with van der Waals surface area (Å²) in [6.45, 7) is 0. The number of hydrogen-bond donors (Lipinski definition) is 2. The zero-order valence-corrected chi connectivity index (χ0v) is 15.8. The Morgan fingerprint density at radius 3 is 2.00 bits per heavy atom. The molecule has 2 N–H and O–H groups in total. The Balaban J connectivity index is 1.54. The monoisotopic (exact) mass is 383 g/mol. The van der Waals surface area contributed by atoms with Crippen LogP contribution < -0.4 is 5.32 Å². The summed E-state index contributed by atoms with van der Waals surface area (Å²) < 4.78 is 0. The van der Waals surface area contributed by atoms with E-state index in [-0.39, 0.29) is 12.3 Å². The van der Waals surface area contributed by atoms with Crippen LogP contribution >= 0.6 is 0 Å². The van der Waals surface area contributed by atoms with Crippen LogP contribution in [0, 0.1) is 0 Å². The van der Waals surface area contributed by atoms with E-state index < -0.39 is 17.9 Å². The van der Waals surface area contributed by atoms with Crippen molar-refractivity contribution in [1.29, 1.82) is 0 Å². The SMILES string of the molecule is O=C(N[C@H](C/C=C/c1ccccc1)C(=O)O)C1c2ccccc2-c2ccccc21. The molecule has 0 bridgehead atoms. The van der Waals surface area contributed by atoms with E-state index in [9.17, 15) is 14.7 Å². The lowest BCUT2D eigenvalue weighted by molar-refractivity contribution is -0.141. The summed E-state index contributed by atoms with van der Waals surface area (Å²) in [6, 6.07) is 24.2. The maximum Gasteiger partial charge on any atom is 0.326 e. The number of carboxylic acid groups (broad SMARTS) is 1. The van der Waals surface area contributed by atoms with E-state index in [1.807, 2.05) is 84.9 Å². The number of nitrogens with one attached hydrogen (secondary N) is 1. The van der Waals surface area contributed by atoms with Gasteiger partial charge in [-0.1, -0.05) is 91.0 Å². The Kier molecular flexibility index (Phi) is 5.25. The fourth-order valence-corrected chi connectivity index (χ4v) is 3.82. The third kappa shape index (κ3) is 3.83. The maximum atomic E-state index is 13.1. The molecule has 1 aliphatic carbocycles. The van der Waals surface area contributed by atoms with Gasteiger partial charge < -0.3 is 10.4 Å². The van der Waals surface area contributed by atoms with Crippen molar-refractivity contribution in [3.63, 3.8) is 0 Å². The number of benzene rings is 3. The number of fused-ring (bicyclic) bond motifs is 3. The van der Waals surface area contributed by atoms with Crippen molar-refractivity contribution in [2.24, 2.45) is 0 Å². The Morgan fingerprint density at radius 2 is 1.41 bits per heavy atom. The maximum absolute atomic E-state index is 13.1. The molecule has 4 rings (SSSR count). The Hall–Kier alpha value is -3.66.